The topological polar surface area (TPSA) is 102 Å². The van der Waals surface area contributed by atoms with Crippen LogP contribution in [0, 0.1) is 5.41 Å². The van der Waals surface area contributed by atoms with Gasteiger partial charge in [0.2, 0.25) is 5.96 Å². The number of carbonyl (C=O) groups is 1. The summed E-state index contributed by atoms with van der Waals surface area (Å²) in [7, 11) is 0. The molecule has 0 aliphatic rings. The number of guanidine groups is 1. The molecule has 1 aromatic rings. The van der Waals surface area contributed by atoms with Gasteiger partial charge in [0.05, 0.1) is 5.69 Å². The molecule has 0 amide bonds. The van der Waals surface area contributed by atoms with Gasteiger partial charge in [-0.25, -0.2) is 0 Å². The first-order chi connectivity index (χ1) is 7.09. The van der Waals surface area contributed by atoms with E-state index in [-0.39, 0.29) is 12.5 Å². The highest BCUT2D eigenvalue weighted by Gasteiger charge is 2.10. The number of carboxylic acids is 1. The molecule has 0 saturated carbocycles. The molecular formula is C9H12N4O2. The van der Waals surface area contributed by atoms with E-state index < -0.39 is 5.97 Å². The first kappa shape index (κ1) is 10.8. The van der Waals surface area contributed by atoms with Crippen LogP contribution in [0.15, 0.2) is 30.3 Å². The summed E-state index contributed by atoms with van der Waals surface area (Å²) >= 11 is 0. The molecule has 0 unspecified atom stereocenters. The molecule has 0 bridgehead atoms. The minimum absolute atomic E-state index is 0.274. The van der Waals surface area contributed by atoms with Crippen LogP contribution in [0.4, 0.5) is 5.69 Å². The summed E-state index contributed by atoms with van der Waals surface area (Å²) in [5.74, 6) is -1.31. The van der Waals surface area contributed by atoms with Crippen LogP contribution < -0.4 is 16.2 Å². The van der Waals surface area contributed by atoms with Crippen molar-refractivity contribution in [2.45, 2.75) is 0 Å². The number of para-hydroxylation sites is 1. The van der Waals surface area contributed by atoms with E-state index in [1.165, 1.54) is 5.01 Å². The Labute approximate surface area is 86.8 Å². The molecule has 1 rings (SSSR count). The van der Waals surface area contributed by atoms with Gasteiger partial charge in [-0.05, 0) is 12.1 Å². The molecular weight excluding hydrogens is 196 g/mol. The van der Waals surface area contributed by atoms with Crippen LogP contribution >= 0.6 is 0 Å². The van der Waals surface area contributed by atoms with Gasteiger partial charge in [-0.15, -0.1) is 0 Å². The van der Waals surface area contributed by atoms with Gasteiger partial charge in [0.25, 0.3) is 0 Å². The lowest BCUT2D eigenvalue weighted by atomic mass is 10.3. The molecule has 0 radical (unpaired) electrons. The van der Waals surface area contributed by atoms with E-state index in [0.29, 0.717) is 5.69 Å². The Balaban J connectivity index is 2.81. The molecule has 80 valence electrons. The number of aliphatic carboxylic acids is 1. The minimum atomic E-state index is -1.01. The maximum atomic E-state index is 10.6. The van der Waals surface area contributed by atoms with E-state index in [9.17, 15) is 4.79 Å². The normalized spacial score (nSPS) is 9.33. The number of nitrogens with two attached hydrogens (primary N) is 1. The summed E-state index contributed by atoms with van der Waals surface area (Å²) in [6.45, 7) is -0.274. The van der Waals surface area contributed by atoms with E-state index in [1.54, 1.807) is 24.3 Å². The van der Waals surface area contributed by atoms with Gasteiger partial charge in [-0.3, -0.25) is 20.6 Å². The second kappa shape index (κ2) is 4.85. The number of carboxylic acid groups (broad SMARTS) is 1. The molecule has 0 aromatic heterocycles. The maximum Gasteiger partial charge on any atom is 0.325 e. The predicted octanol–water partition coefficient (Wildman–Crippen LogP) is -0.0243. The van der Waals surface area contributed by atoms with Crippen LogP contribution in [0.3, 0.4) is 0 Å². The molecule has 0 aliphatic carbocycles. The quantitative estimate of drug-likeness (QED) is 0.316. The van der Waals surface area contributed by atoms with Crippen molar-refractivity contribution in [2.24, 2.45) is 5.73 Å². The zero-order valence-electron chi connectivity index (χ0n) is 7.97. The number of hydrogen-bond acceptors (Lipinski definition) is 3. The number of anilines is 1. The smallest absolute Gasteiger partial charge is 0.325 e. The van der Waals surface area contributed by atoms with Crippen molar-refractivity contribution < 1.29 is 9.90 Å². The highest BCUT2D eigenvalue weighted by atomic mass is 16.4. The summed E-state index contributed by atoms with van der Waals surface area (Å²) in [4.78, 5) is 10.6. The molecule has 0 spiro atoms. The molecule has 0 fully saturated rings. The highest BCUT2D eigenvalue weighted by molar-refractivity contribution is 5.79. The predicted molar refractivity (Wildman–Crippen MR) is 56.5 cm³/mol. The standard InChI is InChI=1S/C9H12N4O2/c10-9(11)12-13(6-8(14)15)7-4-2-1-3-5-7/h1-5H,6H2,(H,14,15)(H4,10,11,12). The Morgan fingerprint density at radius 3 is 2.53 bits per heavy atom. The Morgan fingerprint density at radius 2 is 2.07 bits per heavy atom. The molecule has 0 aliphatic heterocycles. The molecule has 5 N–H and O–H groups in total. The second-order valence-electron chi connectivity index (χ2n) is 2.84. The minimum Gasteiger partial charge on any atom is -0.480 e. The molecule has 6 heteroatoms. The van der Waals surface area contributed by atoms with Crippen molar-refractivity contribution in [3.05, 3.63) is 30.3 Å². The van der Waals surface area contributed by atoms with Crippen molar-refractivity contribution in [3.8, 4) is 0 Å². The van der Waals surface area contributed by atoms with E-state index in [0.717, 1.165) is 0 Å². The van der Waals surface area contributed by atoms with Crippen LogP contribution in [0.1, 0.15) is 0 Å². The van der Waals surface area contributed by atoms with Gasteiger partial charge < -0.3 is 10.8 Å². The van der Waals surface area contributed by atoms with Crippen molar-refractivity contribution in [1.29, 1.82) is 5.41 Å². The van der Waals surface area contributed by atoms with Gasteiger partial charge >= 0.3 is 5.97 Å². The number of rotatable bonds is 4. The molecule has 0 atom stereocenters. The maximum absolute atomic E-state index is 10.6. The zero-order valence-corrected chi connectivity index (χ0v) is 7.97. The molecule has 0 saturated heterocycles. The Kier molecular flexibility index (Phi) is 3.50. The lowest BCUT2D eigenvalue weighted by Gasteiger charge is -2.23. The SMILES string of the molecule is N=C(N)NN(CC(=O)O)c1ccccc1. The van der Waals surface area contributed by atoms with E-state index in [1.807, 2.05) is 6.07 Å². The van der Waals surface area contributed by atoms with Crippen molar-refractivity contribution in [3.63, 3.8) is 0 Å². The fraction of sp³-hybridized carbons (Fsp3) is 0.111. The average Bonchev–Trinajstić information content (AvgIpc) is 2.17. The van der Waals surface area contributed by atoms with Gasteiger partial charge in [0.1, 0.15) is 6.54 Å². The summed E-state index contributed by atoms with van der Waals surface area (Å²) in [6, 6.07) is 8.80. The first-order valence-electron chi connectivity index (χ1n) is 4.24. The van der Waals surface area contributed by atoms with E-state index >= 15 is 0 Å². The monoisotopic (exact) mass is 208 g/mol. The lowest BCUT2D eigenvalue weighted by molar-refractivity contribution is -0.135. The number of benzene rings is 1. The van der Waals surface area contributed by atoms with Gasteiger partial charge in [-0.2, -0.15) is 0 Å². The molecule has 15 heavy (non-hydrogen) atoms. The fourth-order valence-electron chi connectivity index (χ4n) is 1.08. The van der Waals surface area contributed by atoms with E-state index in [2.05, 4.69) is 5.43 Å². The molecule has 6 nitrogen and oxygen atoms in total. The average molecular weight is 208 g/mol. The van der Waals surface area contributed by atoms with Gasteiger partial charge in [-0.1, -0.05) is 18.2 Å². The highest BCUT2D eigenvalue weighted by Crippen LogP contribution is 2.09. The Bertz CT molecular complexity index is 336. The van der Waals surface area contributed by atoms with E-state index in [4.69, 9.17) is 16.2 Å². The third-order valence-electron chi connectivity index (χ3n) is 1.62. The molecule has 0 heterocycles. The van der Waals surface area contributed by atoms with Crippen LogP contribution in [-0.4, -0.2) is 23.6 Å². The van der Waals surface area contributed by atoms with Crippen LogP contribution in [0.2, 0.25) is 0 Å². The number of nitrogens with one attached hydrogen (secondary N) is 2. The summed E-state index contributed by atoms with van der Waals surface area (Å²) in [5, 5.41) is 17.0. The largest absolute Gasteiger partial charge is 0.480 e. The third kappa shape index (κ3) is 3.55. The Morgan fingerprint density at radius 1 is 1.47 bits per heavy atom. The zero-order chi connectivity index (χ0) is 11.3. The number of hydrazine groups is 1. The van der Waals surface area contributed by atoms with Gasteiger partial charge in [0.15, 0.2) is 0 Å². The molecule has 1 aromatic carbocycles. The second-order valence-corrected chi connectivity index (χ2v) is 2.84. The number of nitrogens with zero attached hydrogens (tertiary/aromatic N) is 1. The van der Waals surface area contributed by atoms with Crippen molar-refractivity contribution >= 4 is 17.6 Å². The number of hydrogen-bond donors (Lipinski definition) is 4. The first-order valence-corrected chi connectivity index (χ1v) is 4.24. The third-order valence-corrected chi connectivity index (χ3v) is 1.62. The Hall–Kier alpha value is -2.24. The summed E-state index contributed by atoms with van der Waals surface area (Å²) in [5.41, 5.74) is 8.22. The van der Waals surface area contributed by atoms with Crippen molar-refractivity contribution in [1.82, 2.24) is 5.43 Å². The fourth-order valence-corrected chi connectivity index (χ4v) is 1.08. The summed E-state index contributed by atoms with van der Waals surface area (Å²) in [6.07, 6.45) is 0. The van der Waals surface area contributed by atoms with Crippen molar-refractivity contribution in [2.75, 3.05) is 11.6 Å². The van der Waals surface area contributed by atoms with Gasteiger partial charge in [0, 0.05) is 0 Å². The van der Waals surface area contributed by atoms with Crippen LogP contribution in [0.5, 0.6) is 0 Å². The lowest BCUT2D eigenvalue weighted by Crippen LogP contribution is -2.48. The van der Waals surface area contributed by atoms with Crippen LogP contribution in [0.25, 0.3) is 0 Å². The van der Waals surface area contributed by atoms with Crippen LogP contribution in [-0.2, 0) is 4.79 Å². The summed E-state index contributed by atoms with van der Waals surface area (Å²) < 4.78 is 0.